The highest BCUT2D eigenvalue weighted by atomic mass is 19.1. The van der Waals surface area contributed by atoms with Gasteiger partial charge in [0.15, 0.2) is 0 Å². The summed E-state index contributed by atoms with van der Waals surface area (Å²) in [4.78, 5) is 26.4. The molecule has 2 amide bonds. The molecule has 5 heteroatoms. The standard InChI is InChI=1S/C22H19FN2O2/c23-17-8-10-19(11-9-17)25-14-18(13-22(25)27)24-21(26)12-16-6-3-5-15-4-1-2-7-20(15)16/h1-11,18H,12-14H2,(H,24,26)/t18-/m1/s1. The van der Waals surface area contributed by atoms with E-state index >= 15 is 0 Å². The first-order chi connectivity index (χ1) is 13.1. The average Bonchev–Trinajstić information content (AvgIpc) is 3.02. The van der Waals surface area contributed by atoms with Crippen molar-refractivity contribution >= 4 is 28.3 Å². The normalized spacial score (nSPS) is 16.7. The van der Waals surface area contributed by atoms with Gasteiger partial charge in [-0.2, -0.15) is 0 Å². The molecule has 0 saturated carbocycles. The molecule has 0 aliphatic carbocycles. The van der Waals surface area contributed by atoms with Gasteiger partial charge in [-0.25, -0.2) is 4.39 Å². The van der Waals surface area contributed by atoms with Gasteiger partial charge in [0.2, 0.25) is 11.8 Å². The topological polar surface area (TPSA) is 49.4 Å². The van der Waals surface area contributed by atoms with Crippen molar-refractivity contribution < 1.29 is 14.0 Å². The van der Waals surface area contributed by atoms with E-state index < -0.39 is 0 Å². The van der Waals surface area contributed by atoms with E-state index in [0.717, 1.165) is 16.3 Å². The average molecular weight is 362 g/mol. The summed E-state index contributed by atoms with van der Waals surface area (Å²) in [5.74, 6) is -0.521. The van der Waals surface area contributed by atoms with Crippen molar-refractivity contribution in [3.8, 4) is 0 Å². The summed E-state index contributed by atoms with van der Waals surface area (Å²) >= 11 is 0. The van der Waals surface area contributed by atoms with Crippen LogP contribution in [0.25, 0.3) is 10.8 Å². The number of amides is 2. The quantitative estimate of drug-likeness (QED) is 0.773. The van der Waals surface area contributed by atoms with Gasteiger partial charge in [-0.15, -0.1) is 0 Å². The molecule has 1 aliphatic heterocycles. The molecule has 4 rings (SSSR count). The van der Waals surface area contributed by atoms with E-state index in [0.29, 0.717) is 12.2 Å². The van der Waals surface area contributed by atoms with E-state index in [1.165, 1.54) is 12.1 Å². The van der Waals surface area contributed by atoms with Crippen molar-refractivity contribution in [3.05, 3.63) is 78.1 Å². The number of halogens is 1. The van der Waals surface area contributed by atoms with Gasteiger partial charge in [0, 0.05) is 18.7 Å². The second-order valence-corrected chi connectivity index (χ2v) is 6.76. The maximum absolute atomic E-state index is 13.1. The van der Waals surface area contributed by atoms with Gasteiger partial charge in [-0.05, 0) is 40.6 Å². The summed E-state index contributed by atoms with van der Waals surface area (Å²) in [6, 6.07) is 19.4. The highest BCUT2D eigenvalue weighted by Crippen LogP contribution is 2.22. The summed E-state index contributed by atoms with van der Waals surface area (Å²) in [6.07, 6.45) is 0.515. The number of carbonyl (C=O) groups excluding carboxylic acids is 2. The van der Waals surface area contributed by atoms with Crippen molar-refractivity contribution in [2.45, 2.75) is 18.9 Å². The first-order valence-corrected chi connectivity index (χ1v) is 8.92. The predicted molar refractivity (Wildman–Crippen MR) is 103 cm³/mol. The maximum Gasteiger partial charge on any atom is 0.229 e. The first kappa shape index (κ1) is 17.2. The van der Waals surface area contributed by atoms with Crippen LogP contribution in [-0.2, 0) is 16.0 Å². The molecule has 136 valence electrons. The SMILES string of the molecule is O=C(Cc1cccc2ccccc12)N[C@@H]1CC(=O)N(c2ccc(F)cc2)C1. The van der Waals surface area contributed by atoms with Crippen LogP contribution in [0.1, 0.15) is 12.0 Å². The fourth-order valence-electron chi connectivity index (χ4n) is 3.57. The number of fused-ring (bicyclic) bond motifs is 1. The summed E-state index contributed by atoms with van der Waals surface area (Å²) < 4.78 is 13.1. The maximum atomic E-state index is 13.1. The molecule has 3 aromatic carbocycles. The van der Waals surface area contributed by atoms with Crippen LogP contribution in [0.3, 0.4) is 0 Å². The molecule has 27 heavy (non-hydrogen) atoms. The number of anilines is 1. The summed E-state index contributed by atoms with van der Waals surface area (Å²) in [6.45, 7) is 0.395. The van der Waals surface area contributed by atoms with E-state index in [1.807, 2.05) is 42.5 Å². The second-order valence-electron chi connectivity index (χ2n) is 6.76. The van der Waals surface area contributed by atoms with Gasteiger partial charge in [0.1, 0.15) is 5.82 Å². The highest BCUT2D eigenvalue weighted by molar-refractivity contribution is 5.97. The van der Waals surface area contributed by atoms with Crippen LogP contribution in [0.4, 0.5) is 10.1 Å². The minimum Gasteiger partial charge on any atom is -0.351 e. The van der Waals surface area contributed by atoms with Gasteiger partial charge in [0.05, 0.1) is 12.5 Å². The van der Waals surface area contributed by atoms with Gasteiger partial charge >= 0.3 is 0 Å². The molecule has 0 spiro atoms. The van der Waals surface area contributed by atoms with Crippen LogP contribution in [0.5, 0.6) is 0 Å². The zero-order chi connectivity index (χ0) is 18.8. The van der Waals surface area contributed by atoms with E-state index in [9.17, 15) is 14.0 Å². The number of hydrogen-bond donors (Lipinski definition) is 1. The Bertz CT molecular complexity index is 995. The Morgan fingerprint density at radius 2 is 1.78 bits per heavy atom. The predicted octanol–water partition coefficient (Wildman–Crippen LogP) is 3.44. The van der Waals surface area contributed by atoms with Crippen molar-refractivity contribution in [1.82, 2.24) is 5.32 Å². The van der Waals surface area contributed by atoms with E-state index in [1.54, 1.807) is 17.0 Å². The number of rotatable bonds is 4. The molecular weight excluding hydrogens is 343 g/mol. The fraction of sp³-hybridized carbons (Fsp3) is 0.182. The Kier molecular flexibility index (Phi) is 4.59. The number of carbonyl (C=O) groups is 2. The third kappa shape index (κ3) is 3.67. The molecule has 1 saturated heterocycles. The van der Waals surface area contributed by atoms with Crippen LogP contribution in [-0.4, -0.2) is 24.4 Å². The van der Waals surface area contributed by atoms with Crippen LogP contribution in [0, 0.1) is 5.82 Å². The molecule has 0 aromatic heterocycles. The lowest BCUT2D eigenvalue weighted by Gasteiger charge is -2.17. The number of hydrogen-bond acceptors (Lipinski definition) is 2. The van der Waals surface area contributed by atoms with Gasteiger partial charge in [-0.1, -0.05) is 42.5 Å². The molecule has 0 unspecified atom stereocenters. The third-order valence-corrected chi connectivity index (χ3v) is 4.86. The molecule has 0 bridgehead atoms. The molecular formula is C22H19FN2O2. The zero-order valence-electron chi connectivity index (χ0n) is 14.7. The Morgan fingerprint density at radius 1 is 1.04 bits per heavy atom. The van der Waals surface area contributed by atoms with Crippen LogP contribution >= 0.6 is 0 Å². The number of nitrogens with zero attached hydrogens (tertiary/aromatic N) is 1. The highest BCUT2D eigenvalue weighted by Gasteiger charge is 2.31. The Hall–Kier alpha value is -3.21. The van der Waals surface area contributed by atoms with E-state index in [4.69, 9.17) is 0 Å². The van der Waals surface area contributed by atoms with Gasteiger partial charge < -0.3 is 10.2 Å². The van der Waals surface area contributed by atoms with Crippen molar-refractivity contribution in [3.63, 3.8) is 0 Å². The van der Waals surface area contributed by atoms with E-state index in [2.05, 4.69) is 5.32 Å². The third-order valence-electron chi connectivity index (χ3n) is 4.86. The minimum atomic E-state index is -0.342. The number of nitrogens with one attached hydrogen (secondary N) is 1. The minimum absolute atomic E-state index is 0.0722. The Balaban J connectivity index is 1.43. The molecule has 3 aromatic rings. The zero-order valence-corrected chi connectivity index (χ0v) is 14.7. The smallest absolute Gasteiger partial charge is 0.229 e. The van der Waals surface area contributed by atoms with Crippen LogP contribution in [0.15, 0.2) is 66.7 Å². The molecule has 1 N–H and O–H groups in total. The molecule has 0 radical (unpaired) electrons. The molecule has 1 aliphatic rings. The van der Waals surface area contributed by atoms with Crippen LogP contribution in [0.2, 0.25) is 0 Å². The lowest BCUT2D eigenvalue weighted by atomic mass is 10.0. The van der Waals surface area contributed by atoms with Gasteiger partial charge in [-0.3, -0.25) is 9.59 Å². The number of benzene rings is 3. The molecule has 1 fully saturated rings. The van der Waals surface area contributed by atoms with Crippen LogP contribution < -0.4 is 10.2 Å². The van der Waals surface area contributed by atoms with Crippen molar-refractivity contribution in [2.24, 2.45) is 0 Å². The lowest BCUT2D eigenvalue weighted by molar-refractivity contribution is -0.121. The molecule has 1 atom stereocenters. The Morgan fingerprint density at radius 3 is 2.59 bits per heavy atom. The molecule has 4 nitrogen and oxygen atoms in total. The van der Waals surface area contributed by atoms with Gasteiger partial charge in [0.25, 0.3) is 0 Å². The second kappa shape index (κ2) is 7.19. The Labute approximate surface area is 156 Å². The lowest BCUT2D eigenvalue weighted by Crippen LogP contribution is -2.38. The molecule has 1 heterocycles. The largest absolute Gasteiger partial charge is 0.351 e. The monoisotopic (exact) mass is 362 g/mol. The first-order valence-electron chi connectivity index (χ1n) is 8.92. The van der Waals surface area contributed by atoms with Crippen molar-refractivity contribution in [1.29, 1.82) is 0 Å². The fourth-order valence-corrected chi connectivity index (χ4v) is 3.57. The van der Waals surface area contributed by atoms with Crippen molar-refractivity contribution in [2.75, 3.05) is 11.4 Å². The van der Waals surface area contributed by atoms with E-state index in [-0.39, 0.29) is 36.5 Å². The summed E-state index contributed by atoms with van der Waals surface area (Å²) in [5.41, 5.74) is 1.61. The summed E-state index contributed by atoms with van der Waals surface area (Å²) in [7, 11) is 0. The summed E-state index contributed by atoms with van der Waals surface area (Å²) in [5, 5.41) is 5.12.